The lowest BCUT2D eigenvalue weighted by Gasteiger charge is -2.13. The number of nitrogens with one attached hydrogen (secondary N) is 2. The number of pyridine rings is 1. The summed E-state index contributed by atoms with van der Waals surface area (Å²) in [6.45, 7) is 0.546. The highest BCUT2D eigenvalue weighted by molar-refractivity contribution is 5.98. The topological polar surface area (TPSA) is 106 Å². The quantitative estimate of drug-likeness (QED) is 0.501. The van der Waals surface area contributed by atoms with Crippen LogP contribution in [0.25, 0.3) is 0 Å². The molecule has 3 rings (SSSR count). The number of carbonyl (C=O) groups excluding carboxylic acids is 1. The SMILES string of the molecule is NCc1ccc(Nc2cc(NCc3cc(F)cc(F)c3)c(C(N)=O)cn2)cc1. The predicted molar refractivity (Wildman–Crippen MR) is 104 cm³/mol. The maximum atomic E-state index is 13.4. The first kappa shape index (κ1) is 19.2. The van der Waals surface area contributed by atoms with Crippen LogP contribution in [0.15, 0.2) is 54.7 Å². The van der Waals surface area contributed by atoms with Crippen LogP contribution >= 0.6 is 0 Å². The van der Waals surface area contributed by atoms with Gasteiger partial charge in [0.1, 0.15) is 17.5 Å². The van der Waals surface area contributed by atoms with E-state index in [0.717, 1.165) is 17.3 Å². The van der Waals surface area contributed by atoms with Crippen molar-refractivity contribution in [3.63, 3.8) is 0 Å². The summed E-state index contributed by atoms with van der Waals surface area (Å²) in [5.74, 6) is -1.55. The van der Waals surface area contributed by atoms with Crippen LogP contribution in [0.2, 0.25) is 0 Å². The van der Waals surface area contributed by atoms with Crippen molar-refractivity contribution < 1.29 is 13.6 Å². The Morgan fingerprint density at radius 2 is 1.68 bits per heavy atom. The van der Waals surface area contributed by atoms with Crippen molar-refractivity contribution in [1.82, 2.24) is 4.98 Å². The number of anilines is 3. The largest absolute Gasteiger partial charge is 0.380 e. The Morgan fingerprint density at radius 1 is 1.00 bits per heavy atom. The molecule has 0 unspecified atom stereocenters. The van der Waals surface area contributed by atoms with E-state index < -0.39 is 17.5 Å². The third kappa shape index (κ3) is 4.80. The molecule has 1 aromatic heterocycles. The molecule has 0 bridgehead atoms. The minimum absolute atomic E-state index is 0.101. The van der Waals surface area contributed by atoms with Gasteiger partial charge in [-0.3, -0.25) is 4.79 Å². The predicted octanol–water partition coefficient (Wildman–Crippen LogP) is 3.27. The number of nitrogens with zero attached hydrogens (tertiary/aromatic N) is 1. The molecule has 0 saturated carbocycles. The Kier molecular flexibility index (Phi) is 5.81. The number of rotatable bonds is 7. The van der Waals surface area contributed by atoms with E-state index in [9.17, 15) is 13.6 Å². The van der Waals surface area contributed by atoms with Crippen molar-refractivity contribution in [3.8, 4) is 0 Å². The molecule has 1 heterocycles. The number of benzene rings is 2. The van der Waals surface area contributed by atoms with Gasteiger partial charge in [-0.1, -0.05) is 12.1 Å². The average molecular weight is 383 g/mol. The number of carbonyl (C=O) groups is 1. The summed E-state index contributed by atoms with van der Waals surface area (Å²) >= 11 is 0. The molecule has 0 aliphatic heterocycles. The van der Waals surface area contributed by atoms with Crippen molar-refractivity contribution >= 4 is 23.1 Å². The molecule has 28 heavy (non-hydrogen) atoms. The highest BCUT2D eigenvalue weighted by atomic mass is 19.1. The van der Waals surface area contributed by atoms with Gasteiger partial charge in [0, 0.05) is 37.1 Å². The first-order valence-corrected chi connectivity index (χ1v) is 8.49. The zero-order valence-electron chi connectivity index (χ0n) is 14.9. The Bertz CT molecular complexity index is 972. The fourth-order valence-electron chi connectivity index (χ4n) is 2.65. The van der Waals surface area contributed by atoms with Crippen molar-refractivity contribution in [2.75, 3.05) is 10.6 Å². The third-order valence-electron chi connectivity index (χ3n) is 4.04. The molecule has 0 radical (unpaired) electrons. The van der Waals surface area contributed by atoms with Gasteiger partial charge in [-0.15, -0.1) is 0 Å². The number of halogens is 2. The van der Waals surface area contributed by atoms with Crippen LogP contribution in [-0.4, -0.2) is 10.9 Å². The molecule has 0 atom stereocenters. The van der Waals surface area contributed by atoms with Crippen molar-refractivity contribution in [2.24, 2.45) is 11.5 Å². The second-order valence-corrected chi connectivity index (χ2v) is 6.14. The lowest BCUT2D eigenvalue weighted by atomic mass is 10.1. The molecule has 0 spiro atoms. The Balaban J connectivity index is 1.81. The monoisotopic (exact) mass is 383 g/mol. The molecule has 1 amide bonds. The molecule has 144 valence electrons. The normalized spacial score (nSPS) is 10.5. The number of amides is 1. The smallest absolute Gasteiger partial charge is 0.252 e. The Hall–Kier alpha value is -3.52. The van der Waals surface area contributed by atoms with Gasteiger partial charge >= 0.3 is 0 Å². The summed E-state index contributed by atoms with van der Waals surface area (Å²) < 4.78 is 26.7. The zero-order chi connectivity index (χ0) is 20.1. The van der Waals surface area contributed by atoms with Crippen LogP contribution in [0.5, 0.6) is 0 Å². The molecule has 0 saturated heterocycles. The molecule has 2 aromatic carbocycles. The second-order valence-electron chi connectivity index (χ2n) is 6.14. The molecule has 0 fully saturated rings. The molecule has 0 aliphatic carbocycles. The lowest BCUT2D eigenvalue weighted by Crippen LogP contribution is -2.15. The van der Waals surface area contributed by atoms with E-state index in [0.29, 0.717) is 23.6 Å². The fourth-order valence-corrected chi connectivity index (χ4v) is 2.65. The average Bonchev–Trinajstić information content (AvgIpc) is 2.66. The number of hydrogen-bond acceptors (Lipinski definition) is 5. The van der Waals surface area contributed by atoms with Gasteiger partial charge < -0.3 is 22.1 Å². The molecule has 6 nitrogen and oxygen atoms in total. The van der Waals surface area contributed by atoms with E-state index in [2.05, 4.69) is 15.6 Å². The van der Waals surface area contributed by atoms with Gasteiger partial charge in [-0.2, -0.15) is 0 Å². The molecule has 8 heteroatoms. The molecular weight excluding hydrogens is 364 g/mol. The van der Waals surface area contributed by atoms with Crippen LogP contribution < -0.4 is 22.1 Å². The summed E-state index contributed by atoms with van der Waals surface area (Å²) in [7, 11) is 0. The van der Waals surface area contributed by atoms with E-state index >= 15 is 0 Å². The highest BCUT2D eigenvalue weighted by Crippen LogP contribution is 2.22. The first-order chi connectivity index (χ1) is 13.4. The Labute approximate surface area is 160 Å². The Morgan fingerprint density at radius 3 is 2.29 bits per heavy atom. The minimum Gasteiger partial charge on any atom is -0.380 e. The van der Waals surface area contributed by atoms with Crippen molar-refractivity contribution in [3.05, 3.63) is 83.1 Å². The van der Waals surface area contributed by atoms with Gasteiger partial charge in [-0.05, 0) is 35.4 Å². The van der Waals surface area contributed by atoms with Crippen molar-refractivity contribution in [2.45, 2.75) is 13.1 Å². The van der Waals surface area contributed by atoms with Gasteiger partial charge in [0.2, 0.25) is 0 Å². The molecule has 0 aliphatic rings. The summed E-state index contributed by atoms with van der Waals surface area (Å²) in [5.41, 5.74) is 13.7. The van der Waals surface area contributed by atoms with Gasteiger partial charge in [0.15, 0.2) is 0 Å². The van der Waals surface area contributed by atoms with Crippen LogP contribution in [0.1, 0.15) is 21.5 Å². The number of nitrogens with two attached hydrogens (primary N) is 2. The van der Waals surface area contributed by atoms with E-state index in [4.69, 9.17) is 11.5 Å². The molecule has 3 aromatic rings. The van der Waals surface area contributed by atoms with Crippen LogP contribution in [0, 0.1) is 11.6 Å². The maximum absolute atomic E-state index is 13.4. The van der Waals surface area contributed by atoms with Gasteiger partial charge in [-0.25, -0.2) is 13.8 Å². The minimum atomic E-state index is -0.676. The number of primary amides is 1. The van der Waals surface area contributed by atoms with Crippen LogP contribution in [0.3, 0.4) is 0 Å². The molecule has 6 N–H and O–H groups in total. The standard InChI is InChI=1S/C20H19F2N5O/c21-14-5-13(6-15(22)7-14)10-25-18-8-19(26-11-17(18)20(24)28)27-16-3-1-12(9-23)2-4-16/h1-8,11H,9-10,23H2,(H2,24,28)(H2,25,26,27). The third-order valence-corrected chi connectivity index (χ3v) is 4.04. The first-order valence-electron chi connectivity index (χ1n) is 8.49. The maximum Gasteiger partial charge on any atom is 0.252 e. The highest BCUT2D eigenvalue weighted by Gasteiger charge is 2.11. The van der Waals surface area contributed by atoms with E-state index in [1.54, 1.807) is 6.07 Å². The van der Waals surface area contributed by atoms with Crippen LogP contribution in [-0.2, 0) is 13.1 Å². The summed E-state index contributed by atoms with van der Waals surface area (Å²) in [4.78, 5) is 15.9. The van der Waals surface area contributed by atoms with Gasteiger partial charge in [0.25, 0.3) is 5.91 Å². The van der Waals surface area contributed by atoms with Gasteiger partial charge in [0.05, 0.1) is 11.3 Å². The molecular formula is C20H19F2N5O. The fraction of sp³-hybridized carbons (Fsp3) is 0.100. The zero-order valence-corrected chi connectivity index (χ0v) is 14.9. The summed E-state index contributed by atoms with van der Waals surface area (Å²) in [6, 6.07) is 12.3. The van der Waals surface area contributed by atoms with E-state index in [1.807, 2.05) is 24.3 Å². The van der Waals surface area contributed by atoms with E-state index in [-0.39, 0.29) is 12.1 Å². The number of hydrogen-bond donors (Lipinski definition) is 4. The number of aromatic nitrogens is 1. The lowest BCUT2D eigenvalue weighted by molar-refractivity contribution is 0.100. The second kappa shape index (κ2) is 8.45. The summed E-state index contributed by atoms with van der Waals surface area (Å²) in [5, 5.41) is 6.09. The van der Waals surface area contributed by atoms with Crippen molar-refractivity contribution in [1.29, 1.82) is 0 Å². The summed E-state index contributed by atoms with van der Waals surface area (Å²) in [6.07, 6.45) is 1.34. The van der Waals surface area contributed by atoms with E-state index in [1.165, 1.54) is 18.3 Å². The van der Waals surface area contributed by atoms with Crippen LogP contribution in [0.4, 0.5) is 26.0 Å².